The molecule has 0 aromatic rings. The lowest BCUT2D eigenvalue weighted by atomic mass is 9.98. The number of rotatable bonds is 4. The van der Waals surface area contributed by atoms with Gasteiger partial charge in [0.05, 0.1) is 0 Å². The van der Waals surface area contributed by atoms with Gasteiger partial charge in [0.25, 0.3) is 0 Å². The molecule has 0 saturated heterocycles. The Hall–Kier alpha value is 1.40. The average molecular weight is 537 g/mol. The van der Waals surface area contributed by atoms with Gasteiger partial charge in [-0.1, -0.05) is 57.4 Å². The summed E-state index contributed by atoms with van der Waals surface area (Å²) in [5.74, 6) is -2.12. The van der Waals surface area contributed by atoms with E-state index in [1.165, 1.54) is 14.2 Å². The molecule has 0 N–H and O–H groups in total. The van der Waals surface area contributed by atoms with Crippen LogP contribution in [0.3, 0.4) is 0 Å². The molecule has 8 heteroatoms. The maximum absolute atomic E-state index is 12.2. The number of allylic oxidation sites excluding steroid dienone is 2. The molecule has 0 bridgehead atoms. The van der Waals surface area contributed by atoms with Gasteiger partial charge < -0.3 is 9.47 Å². The Bertz CT molecular complexity index is 432. The van der Waals surface area contributed by atoms with E-state index in [1.54, 1.807) is 6.08 Å². The molecule has 0 amide bonds. The zero-order valence-corrected chi connectivity index (χ0v) is 16.0. The van der Waals surface area contributed by atoms with Crippen LogP contribution in [-0.2, 0) is 14.3 Å². The van der Waals surface area contributed by atoms with Crippen molar-refractivity contribution < 1.29 is 14.3 Å². The van der Waals surface area contributed by atoms with E-state index in [-0.39, 0.29) is 10.1 Å². The summed E-state index contributed by atoms with van der Waals surface area (Å²) in [4.78, 5) is 10.6. The molecule has 0 radical (unpaired) electrons. The molecule has 0 fully saturated rings. The number of Topliss-reactive ketones (excluding diaryl/α,β-unsaturated/α-hetero) is 1. The van der Waals surface area contributed by atoms with Gasteiger partial charge >= 0.3 is 0 Å². The van der Waals surface area contributed by atoms with Gasteiger partial charge in [-0.05, 0) is 32.2 Å². The highest BCUT2D eigenvalue weighted by Crippen LogP contribution is 2.52. The van der Waals surface area contributed by atoms with Crippen LogP contribution in [0.1, 0.15) is 0 Å². The molecule has 1 aliphatic carbocycles. The molecule has 102 valence electrons. The van der Waals surface area contributed by atoms with Crippen molar-refractivity contribution in [3.05, 3.63) is 19.7 Å². The Morgan fingerprint density at radius 1 is 1.39 bits per heavy atom. The molecular weight excluding hydrogens is 528 g/mol. The standard InChI is InChI=1S/C10H9Cl3I2O3/c1-17-10(18-2)7(12)6(11)8(16)9(10,13)3-5(15)4-14/h3H,4H2,1-2H3/b5-3-. The van der Waals surface area contributed by atoms with Crippen LogP contribution in [0, 0.1) is 0 Å². The Morgan fingerprint density at radius 3 is 2.28 bits per heavy atom. The molecule has 1 unspecified atom stereocenters. The third-order valence-electron chi connectivity index (χ3n) is 2.55. The molecule has 1 atom stereocenters. The molecule has 0 saturated carbocycles. The second kappa shape index (κ2) is 6.44. The largest absolute Gasteiger partial charge is 0.347 e. The van der Waals surface area contributed by atoms with Gasteiger partial charge in [-0.25, -0.2) is 0 Å². The number of methoxy groups -OCH3 is 2. The van der Waals surface area contributed by atoms with Crippen LogP contribution in [0.2, 0.25) is 0 Å². The van der Waals surface area contributed by atoms with Crippen molar-refractivity contribution in [3.8, 4) is 0 Å². The summed E-state index contributed by atoms with van der Waals surface area (Å²) in [5.41, 5.74) is 0. The van der Waals surface area contributed by atoms with Crippen LogP contribution in [-0.4, -0.2) is 35.1 Å². The van der Waals surface area contributed by atoms with Crippen molar-refractivity contribution in [1.29, 1.82) is 0 Å². The van der Waals surface area contributed by atoms with E-state index < -0.39 is 16.4 Å². The Morgan fingerprint density at radius 2 is 1.89 bits per heavy atom. The number of carbonyl (C=O) groups excluding carboxylic acids is 1. The third kappa shape index (κ3) is 2.48. The normalized spacial score (nSPS) is 28.2. The number of hydrogen-bond acceptors (Lipinski definition) is 3. The molecular formula is C10H9Cl3I2O3. The highest BCUT2D eigenvalue weighted by Gasteiger charge is 2.65. The Balaban J connectivity index is 3.48. The van der Waals surface area contributed by atoms with E-state index in [4.69, 9.17) is 44.3 Å². The fraction of sp³-hybridized carbons (Fsp3) is 0.500. The molecule has 0 aromatic carbocycles. The SMILES string of the molecule is COC1(OC)C(Cl)=C(Cl)C(=O)C1(Cl)/C=C(\I)CI. The number of carbonyl (C=O) groups is 1. The first kappa shape index (κ1) is 17.5. The quantitative estimate of drug-likeness (QED) is 0.310. The van der Waals surface area contributed by atoms with E-state index in [9.17, 15) is 4.79 Å². The second-order valence-corrected chi connectivity index (χ2v) is 6.92. The minimum atomic E-state index is -1.59. The first-order valence-electron chi connectivity index (χ1n) is 4.63. The summed E-state index contributed by atoms with van der Waals surface area (Å²) in [5, 5.41) is -0.202. The van der Waals surface area contributed by atoms with Crippen molar-refractivity contribution >= 4 is 85.8 Å². The first-order valence-corrected chi connectivity index (χ1v) is 8.37. The minimum absolute atomic E-state index is 0.0388. The van der Waals surface area contributed by atoms with Crippen molar-refractivity contribution in [3.63, 3.8) is 0 Å². The van der Waals surface area contributed by atoms with E-state index in [1.807, 2.05) is 0 Å². The summed E-state index contributed by atoms with van der Waals surface area (Å²) in [6.45, 7) is 0. The van der Waals surface area contributed by atoms with Gasteiger partial charge in [-0.2, -0.15) is 0 Å². The van der Waals surface area contributed by atoms with Crippen LogP contribution in [0.15, 0.2) is 19.7 Å². The zero-order valence-electron chi connectivity index (χ0n) is 9.40. The first-order chi connectivity index (χ1) is 8.30. The molecule has 0 aliphatic heterocycles. The molecule has 3 nitrogen and oxygen atoms in total. The number of ketones is 1. The summed E-state index contributed by atoms with van der Waals surface area (Å²) in [6.07, 6.45) is 1.56. The summed E-state index contributed by atoms with van der Waals surface area (Å²) >= 11 is 22.6. The van der Waals surface area contributed by atoms with Crippen LogP contribution >= 0.6 is 80.0 Å². The zero-order chi connectivity index (χ0) is 14.1. The third-order valence-corrected chi connectivity index (χ3v) is 6.95. The lowest BCUT2D eigenvalue weighted by Gasteiger charge is -2.36. The van der Waals surface area contributed by atoms with Gasteiger partial charge in [-0.15, -0.1) is 0 Å². The minimum Gasteiger partial charge on any atom is -0.347 e. The molecule has 0 aromatic heterocycles. The number of halogens is 5. The van der Waals surface area contributed by atoms with Gasteiger partial charge in [0, 0.05) is 18.6 Å². The smallest absolute Gasteiger partial charge is 0.238 e. The van der Waals surface area contributed by atoms with Crippen LogP contribution in [0.5, 0.6) is 0 Å². The van der Waals surface area contributed by atoms with Gasteiger partial charge in [-0.3, -0.25) is 4.79 Å². The Kier molecular flexibility index (Phi) is 6.25. The van der Waals surface area contributed by atoms with E-state index in [2.05, 4.69) is 45.2 Å². The van der Waals surface area contributed by atoms with Crippen molar-refractivity contribution in [2.45, 2.75) is 10.7 Å². The monoisotopic (exact) mass is 536 g/mol. The molecule has 1 rings (SSSR count). The van der Waals surface area contributed by atoms with Crippen LogP contribution in [0.25, 0.3) is 0 Å². The lowest BCUT2D eigenvalue weighted by Crippen LogP contribution is -2.53. The van der Waals surface area contributed by atoms with Crippen molar-refractivity contribution in [2.24, 2.45) is 0 Å². The van der Waals surface area contributed by atoms with E-state index in [0.29, 0.717) is 4.43 Å². The van der Waals surface area contributed by atoms with Gasteiger partial charge in [0.1, 0.15) is 10.1 Å². The van der Waals surface area contributed by atoms with Crippen LogP contribution < -0.4 is 0 Å². The van der Waals surface area contributed by atoms with Crippen LogP contribution in [0.4, 0.5) is 0 Å². The lowest BCUT2D eigenvalue weighted by molar-refractivity contribution is -0.184. The second-order valence-electron chi connectivity index (χ2n) is 3.42. The van der Waals surface area contributed by atoms with Crippen molar-refractivity contribution in [2.75, 3.05) is 18.6 Å². The number of ether oxygens (including phenoxy) is 2. The predicted octanol–water partition coefficient (Wildman–Crippen LogP) is 3.98. The maximum atomic E-state index is 12.2. The molecule has 1 aliphatic rings. The predicted molar refractivity (Wildman–Crippen MR) is 90.1 cm³/mol. The Labute approximate surface area is 147 Å². The molecule has 0 heterocycles. The van der Waals surface area contributed by atoms with Crippen molar-refractivity contribution in [1.82, 2.24) is 0 Å². The molecule has 0 spiro atoms. The number of hydrogen-bond donors (Lipinski definition) is 0. The fourth-order valence-electron chi connectivity index (χ4n) is 1.69. The average Bonchev–Trinajstić information content (AvgIpc) is 2.50. The van der Waals surface area contributed by atoms with Gasteiger partial charge in [0.15, 0.2) is 4.87 Å². The summed E-state index contributed by atoms with van der Waals surface area (Å²) < 4.78 is 12.1. The number of alkyl halides is 2. The molecule has 18 heavy (non-hydrogen) atoms. The topological polar surface area (TPSA) is 35.5 Å². The van der Waals surface area contributed by atoms with Gasteiger partial charge in [0.2, 0.25) is 11.6 Å². The summed E-state index contributed by atoms with van der Waals surface area (Å²) in [7, 11) is 2.72. The highest BCUT2D eigenvalue weighted by atomic mass is 127. The fourth-order valence-corrected chi connectivity index (χ4v) is 3.79. The maximum Gasteiger partial charge on any atom is 0.238 e. The van der Waals surface area contributed by atoms with E-state index in [0.717, 1.165) is 3.58 Å². The highest BCUT2D eigenvalue weighted by molar-refractivity contribution is 14.1. The van der Waals surface area contributed by atoms with E-state index >= 15 is 0 Å². The summed E-state index contributed by atoms with van der Waals surface area (Å²) in [6, 6.07) is 0.